The van der Waals surface area contributed by atoms with Crippen LogP contribution in [0.25, 0.3) is 0 Å². The van der Waals surface area contributed by atoms with Gasteiger partial charge in [-0.15, -0.1) is 0 Å². The van der Waals surface area contributed by atoms with Crippen LogP contribution in [0.5, 0.6) is 0 Å². The van der Waals surface area contributed by atoms with Crippen LogP contribution in [-0.2, 0) is 15.3 Å². The van der Waals surface area contributed by atoms with E-state index in [1.165, 1.54) is 22.2 Å². The van der Waals surface area contributed by atoms with E-state index in [9.17, 15) is 13.0 Å². The maximum absolute atomic E-state index is 12.0. The van der Waals surface area contributed by atoms with Gasteiger partial charge in [0.2, 0.25) is 0 Å². The molecule has 1 N–H and O–H groups in total. The molecule has 1 aliphatic rings. The molecule has 0 amide bonds. The van der Waals surface area contributed by atoms with Crippen LogP contribution >= 0.6 is 16.1 Å². The smallest absolute Gasteiger partial charge is 0.282 e. The van der Waals surface area contributed by atoms with Crippen molar-refractivity contribution in [3.63, 3.8) is 0 Å². The normalized spacial score (nSPS) is 18.7. The van der Waals surface area contributed by atoms with Crippen LogP contribution in [0.3, 0.4) is 0 Å². The van der Waals surface area contributed by atoms with Crippen LogP contribution in [0.1, 0.15) is 36.8 Å². The van der Waals surface area contributed by atoms with Crippen LogP contribution in [0.15, 0.2) is 132 Å². The minimum atomic E-state index is -4.30. The first-order valence-corrected chi connectivity index (χ1v) is 16.9. The highest BCUT2D eigenvalue weighted by Crippen LogP contribution is 2.53. The second-order valence-electron chi connectivity index (χ2n) is 10.0. The third-order valence-corrected chi connectivity index (χ3v) is 12.4. The lowest BCUT2D eigenvalue weighted by molar-refractivity contribution is 0.483. The summed E-state index contributed by atoms with van der Waals surface area (Å²) in [5, 5.41) is 2.30. The van der Waals surface area contributed by atoms with Crippen molar-refractivity contribution in [2.45, 2.75) is 41.4 Å². The molecule has 1 aliphatic heterocycles. The molecule has 3 atom stereocenters. The number of hydrogen-bond donors (Lipinski definition) is 1. The van der Waals surface area contributed by atoms with Gasteiger partial charge < -0.3 is 0 Å². The summed E-state index contributed by atoms with van der Waals surface area (Å²) in [4.78, 5) is -0.0579. The van der Waals surface area contributed by atoms with Gasteiger partial charge in [-0.05, 0) is 72.0 Å². The van der Waals surface area contributed by atoms with Crippen molar-refractivity contribution in [1.29, 1.82) is 0 Å². The van der Waals surface area contributed by atoms with Crippen molar-refractivity contribution in [3.05, 3.63) is 139 Å². The Kier molecular flexibility index (Phi) is 8.60. The maximum atomic E-state index is 12.0. The summed E-state index contributed by atoms with van der Waals surface area (Å²) >= 11 is 0. The zero-order chi connectivity index (χ0) is 27.3. The molecule has 0 saturated heterocycles. The van der Waals surface area contributed by atoms with Crippen molar-refractivity contribution in [2.75, 3.05) is 0 Å². The molecule has 4 aromatic carbocycles. The minimum Gasteiger partial charge on any atom is -0.282 e. The molecule has 0 saturated carbocycles. The predicted molar refractivity (Wildman–Crippen MR) is 167 cm³/mol. The van der Waals surface area contributed by atoms with Crippen molar-refractivity contribution < 1.29 is 13.0 Å². The second kappa shape index (κ2) is 12.1. The Hall–Kier alpha value is -2.87. The molecule has 5 rings (SSSR count). The monoisotopic (exact) mass is 570 g/mol. The Morgan fingerprint density at radius 2 is 1.41 bits per heavy atom. The molecule has 198 valence electrons. The van der Waals surface area contributed by atoms with Crippen LogP contribution < -0.4 is 10.6 Å². The summed E-state index contributed by atoms with van der Waals surface area (Å²) in [6.07, 6.45) is 6.15. The van der Waals surface area contributed by atoms with Gasteiger partial charge in [0.1, 0.15) is 0 Å². The topological polar surface area (TPSA) is 54.4 Å². The largest absolute Gasteiger partial charge is 0.294 e. The third-order valence-electron chi connectivity index (χ3n) is 7.37. The average molecular weight is 571 g/mol. The van der Waals surface area contributed by atoms with E-state index >= 15 is 0 Å². The summed E-state index contributed by atoms with van der Waals surface area (Å²) in [6, 6.07) is 39.2. The van der Waals surface area contributed by atoms with Gasteiger partial charge in [0.25, 0.3) is 10.1 Å². The SMILES string of the molecule is CC(CC(CC1(c2cccc(S(=O)(=O)O)c2)C=CC=P1)P(c1ccccc1)c1ccccc1)c1ccccc1. The Bertz CT molecular complexity index is 1500. The van der Waals surface area contributed by atoms with Gasteiger partial charge >= 0.3 is 0 Å². The van der Waals surface area contributed by atoms with Gasteiger partial charge in [-0.25, -0.2) is 0 Å². The van der Waals surface area contributed by atoms with Gasteiger partial charge in [-0.2, -0.15) is 8.42 Å². The fraction of sp³-hybridized carbons (Fsp3) is 0.182. The second-order valence-corrected chi connectivity index (χ2v) is 15.3. The van der Waals surface area contributed by atoms with E-state index in [0.717, 1.165) is 26.6 Å². The number of allylic oxidation sites excluding steroid dienone is 2. The summed E-state index contributed by atoms with van der Waals surface area (Å²) in [5.74, 6) is 2.49. The van der Waals surface area contributed by atoms with Crippen molar-refractivity contribution >= 4 is 42.6 Å². The first-order chi connectivity index (χ1) is 18.9. The summed E-state index contributed by atoms with van der Waals surface area (Å²) in [6.45, 7) is 2.31. The highest BCUT2D eigenvalue weighted by atomic mass is 32.2. The standard InChI is InChI=1S/C33H32O3P2S/c1-26(27-13-5-2-6-14-27)23-31(38(29-16-7-3-8-17-29)30-18-9-4-10-19-30)25-33(21-12-22-37-33)28-15-11-20-32(24-28)39(34,35)36/h2-22,24,26,31H,23,25H2,1H3,(H,34,35,36). The Morgan fingerprint density at radius 3 is 1.95 bits per heavy atom. The van der Waals surface area contributed by atoms with E-state index in [2.05, 4.69) is 116 Å². The van der Waals surface area contributed by atoms with E-state index < -0.39 is 18.0 Å². The molecule has 39 heavy (non-hydrogen) atoms. The molecule has 0 spiro atoms. The summed E-state index contributed by atoms with van der Waals surface area (Å²) in [7, 11) is -3.92. The Morgan fingerprint density at radius 1 is 0.821 bits per heavy atom. The summed E-state index contributed by atoms with van der Waals surface area (Å²) in [5.41, 5.74) is 2.54. The van der Waals surface area contributed by atoms with Gasteiger partial charge in [0.05, 0.1) is 10.1 Å². The molecule has 0 radical (unpaired) electrons. The highest BCUT2D eigenvalue weighted by Gasteiger charge is 2.37. The molecule has 4 aromatic rings. The first kappa shape index (κ1) is 27.7. The lowest BCUT2D eigenvalue weighted by atomic mass is 9.88. The molecule has 0 aliphatic carbocycles. The molecule has 0 bridgehead atoms. The van der Waals surface area contributed by atoms with Crippen LogP contribution in [0.2, 0.25) is 0 Å². The molecule has 1 heterocycles. The molecular weight excluding hydrogens is 538 g/mol. The molecule has 0 fully saturated rings. The Balaban J connectivity index is 1.62. The number of benzene rings is 4. The van der Waals surface area contributed by atoms with Crippen molar-refractivity contribution in [2.24, 2.45) is 0 Å². The molecule has 3 nitrogen and oxygen atoms in total. The van der Waals surface area contributed by atoms with E-state index in [1.54, 1.807) is 12.1 Å². The fourth-order valence-electron chi connectivity index (χ4n) is 5.47. The molecule has 3 unspecified atom stereocenters. The fourth-order valence-corrected chi connectivity index (χ4v) is 10.5. The third kappa shape index (κ3) is 6.48. The zero-order valence-corrected chi connectivity index (χ0v) is 24.4. The van der Waals surface area contributed by atoms with Gasteiger partial charge in [-0.3, -0.25) is 4.55 Å². The molecule has 6 heteroatoms. The van der Waals surface area contributed by atoms with Crippen LogP contribution in [-0.4, -0.2) is 24.4 Å². The number of rotatable bonds is 10. The van der Waals surface area contributed by atoms with Crippen molar-refractivity contribution in [1.82, 2.24) is 0 Å². The predicted octanol–water partition coefficient (Wildman–Crippen LogP) is 7.53. The highest BCUT2D eigenvalue weighted by molar-refractivity contribution is 7.85. The van der Waals surface area contributed by atoms with Crippen molar-refractivity contribution in [3.8, 4) is 0 Å². The molecule has 0 aromatic heterocycles. The van der Waals surface area contributed by atoms with Crippen LogP contribution in [0.4, 0.5) is 0 Å². The average Bonchev–Trinajstić information content (AvgIpc) is 3.44. The van der Waals surface area contributed by atoms with E-state index in [0.29, 0.717) is 11.6 Å². The quantitative estimate of drug-likeness (QED) is 0.158. The van der Waals surface area contributed by atoms with Crippen LogP contribution in [0, 0.1) is 0 Å². The minimum absolute atomic E-state index is 0.0579. The number of hydrogen-bond acceptors (Lipinski definition) is 2. The van der Waals surface area contributed by atoms with Gasteiger partial charge in [0, 0.05) is 0 Å². The van der Waals surface area contributed by atoms with E-state index in [-0.39, 0.29) is 10.1 Å². The summed E-state index contributed by atoms with van der Waals surface area (Å²) < 4.78 is 33.9. The lowest BCUT2D eigenvalue weighted by Crippen LogP contribution is -2.29. The van der Waals surface area contributed by atoms with Gasteiger partial charge in [0.15, 0.2) is 0 Å². The van der Waals surface area contributed by atoms with Gasteiger partial charge in [-0.1, -0.05) is 130 Å². The van der Waals surface area contributed by atoms with E-state index in [4.69, 9.17) is 0 Å². The lowest BCUT2D eigenvalue weighted by Gasteiger charge is -2.37. The van der Waals surface area contributed by atoms with E-state index in [1.807, 2.05) is 6.07 Å². The zero-order valence-electron chi connectivity index (χ0n) is 21.8. The molecular formula is C33H32O3P2S. The Labute approximate surface area is 234 Å². The maximum Gasteiger partial charge on any atom is 0.294 e. The first-order valence-electron chi connectivity index (χ1n) is 13.1.